The van der Waals surface area contributed by atoms with Crippen LogP contribution in [0.3, 0.4) is 0 Å². The van der Waals surface area contributed by atoms with E-state index >= 15 is 0 Å². The number of nitrogens with zero attached hydrogens (tertiary/aromatic N) is 3. The number of pyridine rings is 1. The van der Waals surface area contributed by atoms with Crippen molar-refractivity contribution in [3.8, 4) is 0 Å². The van der Waals surface area contributed by atoms with Gasteiger partial charge in [0, 0.05) is 42.7 Å². The van der Waals surface area contributed by atoms with Crippen LogP contribution in [0.1, 0.15) is 18.0 Å². The summed E-state index contributed by atoms with van der Waals surface area (Å²) < 4.78 is 27.5. The molecule has 0 aliphatic carbocycles. The molecule has 3 heterocycles. The average molecular weight is 468 g/mol. The largest absolute Gasteiger partial charge is 0.480 e. The Morgan fingerprint density at radius 2 is 1.94 bits per heavy atom. The summed E-state index contributed by atoms with van der Waals surface area (Å²) in [6, 6.07) is 14.3. The summed E-state index contributed by atoms with van der Waals surface area (Å²) in [5, 5.41) is 25.5. The van der Waals surface area contributed by atoms with Gasteiger partial charge in [0.15, 0.2) is 4.90 Å². The van der Waals surface area contributed by atoms with Gasteiger partial charge in [0.2, 0.25) is 10.0 Å². The fourth-order valence-electron chi connectivity index (χ4n) is 4.92. The van der Waals surface area contributed by atoms with Gasteiger partial charge < -0.3 is 5.11 Å². The summed E-state index contributed by atoms with van der Waals surface area (Å²) >= 11 is 0. The number of hydrogen-bond acceptors (Lipinski definition) is 7. The number of carbonyl (C=O) groups is 1. The number of nitrogens with one attached hydrogen (secondary N) is 1. The van der Waals surface area contributed by atoms with Crippen molar-refractivity contribution in [3.05, 3.63) is 76.5 Å². The first-order valence-electron chi connectivity index (χ1n) is 10.3. The van der Waals surface area contributed by atoms with Gasteiger partial charge in [0.1, 0.15) is 5.54 Å². The molecule has 10 nitrogen and oxygen atoms in total. The van der Waals surface area contributed by atoms with Crippen LogP contribution >= 0.6 is 0 Å². The SMILES string of the molecule is O=C(O)[C@@]12CN(S(=O)(=O)c3ccccc3[N+](=O)[O-])C[C@H]1CC(c1cnc3ccccc3c1)N2. The number of fused-ring (bicyclic) bond motifs is 2. The molecule has 2 fully saturated rings. The fourth-order valence-corrected chi connectivity index (χ4v) is 6.60. The van der Waals surface area contributed by atoms with Gasteiger partial charge in [-0.3, -0.25) is 25.2 Å². The molecule has 0 bridgehead atoms. The van der Waals surface area contributed by atoms with Crippen LogP contribution in [-0.2, 0) is 14.8 Å². The van der Waals surface area contributed by atoms with E-state index in [4.69, 9.17) is 0 Å². The smallest absolute Gasteiger partial charge is 0.325 e. The van der Waals surface area contributed by atoms with Crippen LogP contribution in [0.15, 0.2) is 65.7 Å². The number of carboxylic acids is 1. The maximum atomic E-state index is 13.2. The zero-order chi connectivity index (χ0) is 23.4. The second-order valence-electron chi connectivity index (χ2n) is 8.39. The third kappa shape index (κ3) is 3.36. The number of aliphatic carboxylic acids is 1. The van der Waals surface area contributed by atoms with E-state index in [1.54, 1.807) is 6.20 Å². The number of nitro groups is 1. The number of hydrogen-bond donors (Lipinski definition) is 2. The molecule has 1 unspecified atom stereocenters. The van der Waals surface area contributed by atoms with Gasteiger partial charge in [-0.25, -0.2) is 8.42 Å². The molecular formula is C22H20N4O6S. The van der Waals surface area contributed by atoms with Crippen LogP contribution in [0.4, 0.5) is 5.69 Å². The Hall–Kier alpha value is -3.41. The lowest BCUT2D eigenvalue weighted by molar-refractivity contribution is -0.387. The third-order valence-electron chi connectivity index (χ3n) is 6.57. The Kier molecular flexibility index (Phi) is 4.92. The van der Waals surface area contributed by atoms with Crippen molar-refractivity contribution in [1.29, 1.82) is 0 Å². The van der Waals surface area contributed by atoms with Crippen molar-refractivity contribution in [2.24, 2.45) is 5.92 Å². The van der Waals surface area contributed by atoms with Crippen molar-refractivity contribution in [2.75, 3.05) is 13.1 Å². The minimum atomic E-state index is -4.26. The van der Waals surface area contributed by atoms with Gasteiger partial charge in [-0.05, 0) is 30.2 Å². The molecule has 5 rings (SSSR count). The molecule has 2 saturated heterocycles. The predicted octanol–water partition coefficient (Wildman–Crippen LogP) is 2.32. The molecule has 0 saturated carbocycles. The van der Waals surface area contributed by atoms with E-state index in [0.29, 0.717) is 6.42 Å². The number of aromatic nitrogens is 1. The number of sulfonamides is 1. The topological polar surface area (TPSA) is 143 Å². The van der Waals surface area contributed by atoms with Crippen molar-refractivity contribution >= 4 is 32.6 Å². The van der Waals surface area contributed by atoms with Crippen LogP contribution in [0.2, 0.25) is 0 Å². The first kappa shape index (κ1) is 21.4. The highest BCUT2D eigenvalue weighted by atomic mass is 32.2. The van der Waals surface area contributed by atoms with E-state index in [1.807, 2.05) is 30.3 Å². The van der Waals surface area contributed by atoms with Gasteiger partial charge in [-0.2, -0.15) is 4.31 Å². The second kappa shape index (κ2) is 7.58. The molecule has 1 aromatic heterocycles. The number of para-hydroxylation sites is 2. The van der Waals surface area contributed by atoms with Crippen LogP contribution in [-0.4, -0.2) is 52.3 Å². The Labute approximate surface area is 189 Å². The Balaban J connectivity index is 1.46. The minimum absolute atomic E-state index is 0.0504. The van der Waals surface area contributed by atoms with Crippen LogP contribution in [0, 0.1) is 16.0 Å². The Bertz CT molecular complexity index is 1390. The number of carboxylic acid groups (broad SMARTS) is 1. The predicted molar refractivity (Wildman–Crippen MR) is 118 cm³/mol. The van der Waals surface area contributed by atoms with Crippen LogP contribution < -0.4 is 5.32 Å². The fraction of sp³-hybridized carbons (Fsp3) is 0.273. The van der Waals surface area contributed by atoms with E-state index in [-0.39, 0.29) is 19.1 Å². The zero-order valence-electron chi connectivity index (χ0n) is 17.3. The maximum Gasteiger partial charge on any atom is 0.325 e. The number of benzene rings is 2. The van der Waals surface area contributed by atoms with Gasteiger partial charge in [0.05, 0.1) is 10.4 Å². The van der Waals surface area contributed by atoms with E-state index in [9.17, 15) is 28.4 Å². The molecule has 11 heteroatoms. The molecule has 0 amide bonds. The highest BCUT2D eigenvalue weighted by Crippen LogP contribution is 2.45. The van der Waals surface area contributed by atoms with E-state index < -0.39 is 43.0 Å². The molecule has 2 aromatic carbocycles. The van der Waals surface area contributed by atoms with Gasteiger partial charge >= 0.3 is 5.97 Å². The summed E-state index contributed by atoms with van der Waals surface area (Å²) in [7, 11) is -4.26. The summed E-state index contributed by atoms with van der Waals surface area (Å²) in [4.78, 5) is 27.0. The lowest BCUT2D eigenvalue weighted by atomic mass is 9.88. The molecule has 0 spiro atoms. The van der Waals surface area contributed by atoms with Gasteiger partial charge in [-0.1, -0.05) is 30.3 Å². The van der Waals surface area contributed by atoms with Crippen molar-refractivity contribution in [1.82, 2.24) is 14.6 Å². The van der Waals surface area contributed by atoms with Crippen LogP contribution in [0.25, 0.3) is 10.9 Å². The molecule has 0 radical (unpaired) electrons. The summed E-state index contributed by atoms with van der Waals surface area (Å²) in [5.74, 6) is -1.66. The second-order valence-corrected chi connectivity index (χ2v) is 10.3. The van der Waals surface area contributed by atoms with E-state index in [1.165, 1.54) is 18.2 Å². The first-order valence-corrected chi connectivity index (χ1v) is 11.8. The molecule has 2 aliphatic heterocycles. The monoisotopic (exact) mass is 468 g/mol. The van der Waals surface area contributed by atoms with Crippen molar-refractivity contribution < 1.29 is 23.2 Å². The highest BCUT2D eigenvalue weighted by Gasteiger charge is 2.60. The minimum Gasteiger partial charge on any atom is -0.480 e. The molecule has 3 aromatic rings. The van der Waals surface area contributed by atoms with Crippen molar-refractivity contribution in [3.63, 3.8) is 0 Å². The first-order chi connectivity index (χ1) is 15.7. The molecule has 2 aliphatic rings. The normalized spacial score (nSPS) is 25.2. The maximum absolute atomic E-state index is 13.2. The molecular weight excluding hydrogens is 448 g/mol. The summed E-state index contributed by atoms with van der Waals surface area (Å²) in [5.41, 5.74) is -0.370. The zero-order valence-corrected chi connectivity index (χ0v) is 18.1. The summed E-state index contributed by atoms with van der Waals surface area (Å²) in [6.45, 7) is -0.371. The van der Waals surface area contributed by atoms with Gasteiger partial charge in [0.25, 0.3) is 5.69 Å². The lowest BCUT2D eigenvalue weighted by Crippen LogP contribution is -2.54. The number of nitro benzene ring substituents is 1. The molecule has 2 N–H and O–H groups in total. The van der Waals surface area contributed by atoms with E-state index in [0.717, 1.165) is 26.8 Å². The van der Waals surface area contributed by atoms with E-state index in [2.05, 4.69) is 10.3 Å². The quantitative estimate of drug-likeness (QED) is 0.429. The molecule has 170 valence electrons. The average Bonchev–Trinajstić information content (AvgIpc) is 3.35. The lowest BCUT2D eigenvalue weighted by Gasteiger charge is -2.26. The van der Waals surface area contributed by atoms with Crippen LogP contribution in [0.5, 0.6) is 0 Å². The third-order valence-corrected chi connectivity index (χ3v) is 8.43. The highest BCUT2D eigenvalue weighted by molar-refractivity contribution is 7.89. The standard InChI is InChI=1S/C22H20N4O6S/c27-21(28)22-13-25(33(31,32)20-8-4-3-7-19(20)26(29)30)12-16(22)10-18(24-22)15-9-14-5-1-2-6-17(14)23-11-15/h1-9,11,16,18,24H,10,12-13H2,(H,27,28)/t16-,18?,22-/m1/s1. The Morgan fingerprint density at radius 3 is 2.67 bits per heavy atom. The van der Waals surface area contributed by atoms with Gasteiger partial charge in [-0.15, -0.1) is 0 Å². The number of rotatable bonds is 5. The van der Waals surface area contributed by atoms with Crippen molar-refractivity contribution in [2.45, 2.75) is 22.9 Å². The molecule has 33 heavy (non-hydrogen) atoms. The molecule has 3 atom stereocenters. The Morgan fingerprint density at radius 1 is 1.21 bits per heavy atom. The summed E-state index contributed by atoms with van der Waals surface area (Å²) in [6.07, 6.45) is 2.10.